The summed E-state index contributed by atoms with van der Waals surface area (Å²) in [4.78, 5) is 24.3. The van der Waals surface area contributed by atoms with E-state index in [-0.39, 0.29) is 31.0 Å². The Morgan fingerprint density at radius 3 is 2.75 bits per heavy atom. The quantitative estimate of drug-likeness (QED) is 0.860. The second-order valence-electron chi connectivity index (χ2n) is 4.74. The number of likely N-dealkylation sites (tertiary alicyclic amines) is 1. The maximum Gasteiger partial charge on any atom is 0.331 e. The number of nitrogens with zero attached hydrogens (tertiary/aromatic N) is 1. The first kappa shape index (κ1) is 14.4. The van der Waals surface area contributed by atoms with E-state index in [0.717, 1.165) is 11.0 Å². The van der Waals surface area contributed by atoms with Crippen LogP contribution in [0.25, 0.3) is 0 Å². The molecule has 1 aliphatic heterocycles. The second kappa shape index (κ2) is 5.54. The topological polar surface area (TPSA) is 83.6 Å². The summed E-state index contributed by atoms with van der Waals surface area (Å²) in [6.07, 6.45) is 0.122. The van der Waals surface area contributed by atoms with Gasteiger partial charge in [0.2, 0.25) is 5.91 Å². The Morgan fingerprint density at radius 2 is 2.20 bits per heavy atom. The minimum absolute atomic E-state index is 0.122. The number of nitrogens with two attached hydrogens (primary N) is 1. The van der Waals surface area contributed by atoms with Gasteiger partial charge in [-0.3, -0.25) is 4.79 Å². The maximum absolute atomic E-state index is 13.8. The first-order chi connectivity index (χ1) is 9.45. The molecule has 7 heteroatoms. The highest BCUT2D eigenvalue weighted by Crippen LogP contribution is 2.30. The zero-order chi connectivity index (χ0) is 14.9. The Labute approximate surface area is 114 Å². The van der Waals surface area contributed by atoms with Gasteiger partial charge in [0, 0.05) is 18.5 Å². The summed E-state index contributed by atoms with van der Waals surface area (Å²) in [6.45, 7) is 0.364. The zero-order valence-corrected chi connectivity index (χ0v) is 10.6. The second-order valence-corrected chi connectivity index (χ2v) is 4.74. The largest absolute Gasteiger partial charge is 0.479 e. The number of benzene rings is 1. The van der Waals surface area contributed by atoms with Crippen LogP contribution in [0.5, 0.6) is 0 Å². The van der Waals surface area contributed by atoms with Crippen molar-refractivity contribution in [3.8, 4) is 0 Å². The van der Waals surface area contributed by atoms with Crippen LogP contribution in [-0.4, -0.2) is 35.0 Å². The fraction of sp³-hybridized carbons (Fsp3) is 0.385. The van der Waals surface area contributed by atoms with E-state index >= 15 is 0 Å². The molecule has 2 unspecified atom stereocenters. The Morgan fingerprint density at radius 1 is 1.50 bits per heavy atom. The van der Waals surface area contributed by atoms with Crippen LogP contribution in [-0.2, 0) is 9.59 Å². The lowest BCUT2D eigenvalue weighted by atomic mass is 10.0. The SMILES string of the molecule is NCC1CC(=O)N(C(C(=O)O)c2cccc(F)c2F)C1. The van der Waals surface area contributed by atoms with Gasteiger partial charge in [-0.25, -0.2) is 13.6 Å². The van der Waals surface area contributed by atoms with Crippen molar-refractivity contribution in [2.45, 2.75) is 12.5 Å². The molecule has 1 saturated heterocycles. The third-order valence-electron chi connectivity index (χ3n) is 3.39. The van der Waals surface area contributed by atoms with E-state index in [2.05, 4.69) is 0 Å². The summed E-state index contributed by atoms with van der Waals surface area (Å²) in [6, 6.07) is 1.74. The number of carbonyl (C=O) groups excluding carboxylic acids is 1. The van der Waals surface area contributed by atoms with Gasteiger partial charge in [-0.05, 0) is 18.5 Å². The predicted octanol–water partition coefficient (Wildman–Crippen LogP) is 0.898. The van der Waals surface area contributed by atoms with Crippen LogP contribution in [0.4, 0.5) is 8.78 Å². The Balaban J connectivity index is 2.40. The van der Waals surface area contributed by atoms with Crippen molar-refractivity contribution in [1.29, 1.82) is 0 Å². The first-order valence-corrected chi connectivity index (χ1v) is 6.12. The van der Waals surface area contributed by atoms with Gasteiger partial charge >= 0.3 is 5.97 Å². The number of hydrogen-bond donors (Lipinski definition) is 2. The van der Waals surface area contributed by atoms with Gasteiger partial charge in [0.15, 0.2) is 17.7 Å². The van der Waals surface area contributed by atoms with Crippen LogP contribution in [0.3, 0.4) is 0 Å². The van der Waals surface area contributed by atoms with Gasteiger partial charge in [0.05, 0.1) is 0 Å². The van der Waals surface area contributed by atoms with Gasteiger partial charge in [-0.2, -0.15) is 0 Å². The van der Waals surface area contributed by atoms with Crippen molar-refractivity contribution in [3.05, 3.63) is 35.4 Å². The summed E-state index contributed by atoms with van der Waals surface area (Å²) in [5.74, 6) is -4.38. The number of carbonyl (C=O) groups is 2. The Hall–Kier alpha value is -2.02. The average molecular weight is 284 g/mol. The molecule has 3 N–H and O–H groups in total. The van der Waals surface area contributed by atoms with Crippen LogP contribution >= 0.6 is 0 Å². The molecule has 2 rings (SSSR count). The van der Waals surface area contributed by atoms with E-state index in [0.29, 0.717) is 0 Å². The van der Waals surface area contributed by atoms with Crippen LogP contribution in [0.1, 0.15) is 18.0 Å². The Kier molecular flexibility index (Phi) is 3.99. The van der Waals surface area contributed by atoms with Gasteiger partial charge in [-0.15, -0.1) is 0 Å². The molecule has 0 aliphatic carbocycles. The van der Waals surface area contributed by atoms with Crippen LogP contribution < -0.4 is 5.73 Å². The van der Waals surface area contributed by atoms with E-state index in [1.54, 1.807) is 0 Å². The highest BCUT2D eigenvalue weighted by atomic mass is 19.2. The lowest BCUT2D eigenvalue weighted by molar-refractivity contribution is -0.148. The van der Waals surface area contributed by atoms with E-state index in [9.17, 15) is 23.5 Å². The minimum atomic E-state index is -1.53. The van der Waals surface area contributed by atoms with Crippen molar-refractivity contribution in [1.82, 2.24) is 4.90 Å². The number of halogens is 2. The smallest absolute Gasteiger partial charge is 0.331 e. The molecule has 1 heterocycles. The third-order valence-corrected chi connectivity index (χ3v) is 3.39. The molecule has 0 saturated carbocycles. The van der Waals surface area contributed by atoms with Gasteiger partial charge in [-0.1, -0.05) is 12.1 Å². The van der Waals surface area contributed by atoms with E-state index < -0.39 is 29.6 Å². The number of carboxylic acid groups (broad SMARTS) is 1. The van der Waals surface area contributed by atoms with E-state index in [1.807, 2.05) is 0 Å². The fourth-order valence-corrected chi connectivity index (χ4v) is 2.38. The van der Waals surface area contributed by atoms with Gasteiger partial charge < -0.3 is 15.7 Å². The predicted molar refractivity (Wildman–Crippen MR) is 65.6 cm³/mol. The van der Waals surface area contributed by atoms with Crippen molar-refractivity contribution >= 4 is 11.9 Å². The van der Waals surface area contributed by atoms with Crippen molar-refractivity contribution < 1.29 is 23.5 Å². The fourth-order valence-electron chi connectivity index (χ4n) is 2.38. The number of amides is 1. The molecule has 1 aromatic rings. The van der Waals surface area contributed by atoms with Gasteiger partial charge in [0.25, 0.3) is 0 Å². The van der Waals surface area contributed by atoms with Crippen molar-refractivity contribution in [2.24, 2.45) is 11.7 Å². The summed E-state index contributed by atoms with van der Waals surface area (Å²) in [7, 11) is 0. The van der Waals surface area contributed by atoms with E-state index in [1.165, 1.54) is 12.1 Å². The summed E-state index contributed by atoms with van der Waals surface area (Å²) in [5, 5.41) is 9.26. The molecular weight excluding hydrogens is 270 g/mol. The molecule has 0 radical (unpaired) electrons. The molecule has 2 atom stereocenters. The standard InChI is InChI=1S/C13H14F2N2O3/c14-9-3-1-2-8(11(9)15)12(13(19)20)17-6-7(5-16)4-10(17)18/h1-3,7,12H,4-6,16H2,(H,19,20). The van der Waals surface area contributed by atoms with Crippen LogP contribution in [0.2, 0.25) is 0 Å². The lowest BCUT2D eigenvalue weighted by Crippen LogP contribution is -2.36. The number of rotatable bonds is 4. The van der Waals surface area contributed by atoms with Crippen molar-refractivity contribution in [3.63, 3.8) is 0 Å². The normalized spacial score (nSPS) is 20.2. The van der Waals surface area contributed by atoms with Crippen LogP contribution in [0, 0.1) is 17.6 Å². The maximum atomic E-state index is 13.8. The molecule has 108 valence electrons. The number of hydrogen-bond acceptors (Lipinski definition) is 3. The molecule has 1 aliphatic rings. The Bertz CT molecular complexity index is 550. The van der Waals surface area contributed by atoms with Gasteiger partial charge in [0.1, 0.15) is 0 Å². The zero-order valence-electron chi connectivity index (χ0n) is 10.6. The minimum Gasteiger partial charge on any atom is -0.479 e. The number of aliphatic carboxylic acids is 1. The molecule has 1 amide bonds. The summed E-state index contributed by atoms with van der Waals surface area (Å²) >= 11 is 0. The molecule has 1 fully saturated rings. The molecule has 20 heavy (non-hydrogen) atoms. The average Bonchev–Trinajstić information content (AvgIpc) is 2.76. The first-order valence-electron chi connectivity index (χ1n) is 6.12. The number of carboxylic acids is 1. The summed E-state index contributed by atoms with van der Waals surface area (Å²) < 4.78 is 27.0. The van der Waals surface area contributed by atoms with E-state index in [4.69, 9.17) is 5.73 Å². The highest BCUT2D eigenvalue weighted by molar-refractivity contribution is 5.86. The third kappa shape index (κ3) is 2.49. The lowest BCUT2D eigenvalue weighted by Gasteiger charge is -2.25. The molecule has 1 aromatic carbocycles. The molecule has 0 aromatic heterocycles. The molecule has 5 nitrogen and oxygen atoms in total. The van der Waals surface area contributed by atoms with Crippen molar-refractivity contribution in [2.75, 3.05) is 13.1 Å². The molecule has 0 spiro atoms. The highest BCUT2D eigenvalue weighted by Gasteiger charge is 2.39. The summed E-state index contributed by atoms with van der Waals surface area (Å²) in [5.41, 5.74) is 5.11. The van der Waals surface area contributed by atoms with Crippen LogP contribution in [0.15, 0.2) is 18.2 Å². The molecule has 0 bridgehead atoms. The monoisotopic (exact) mass is 284 g/mol. The molecular formula is C13H14F2N2O3.